The van der Waals surface area contributed by atoms with Crippen LogP contribution in [0, 0.1) is 17.1 Å². The van der Waals surface area contributed by atoms with Gasteiger partial charge < -0.3 is 4.74 Å². The predicted octanol–water partition coefficient (Wildman–Crippen LogP) is 1.81. The molecule has 0 aliphatic heterocycles. The van der Waals surface area contributed by atoms with Crippen molar-refractivity contribution in [2.45, 2.75) is 6.10 Å². The molecule has 6 heteroatoms. The zero-order chi connectivity index (χ0) is 15.2. The molecule has 0 spiro atoms. The molecule has 2 rings (SSSR count). The summed E-state index contributed by atoms with van der Waals surface area (Å²) in [7, 11) is 0. The summed E-state index contributed by atoms with van der Waals surface area (Å²) in [5.74, 6) is 3.67. The second-order valence-electron chi connectivity index (χ2n) is 4.17. The topological polar surface area (TPSA) is 88.1 Å². The van der Waals surface area contributed by atoms with Crippen molar-refractivity contribution in [2.75, 3.05) is 0 Å². The first kappa shape index (κ1) is 14.5. The Hall–Kier alpha value is -2.91. The van der Waals surface area contributed by atoms with Crippen LogP contribution in [0.2, 0.25) is 0 Å². The Kier molecular flexibility index (Phi) is 4.49. The van der Waals surface area contributed by atoms with Crippen molar-refractivity contribution in [1.29, 1.82) is 5.26 Å². The minimum Gasteiger partial charge on any atom is -0.473 e. The van der Waals surface area contributed by atoms with E-state index < -0.39 is 17.8 Å². The van der Waals surface area contributed by atoms with E-state index in [1.54, 1.807) is 30.3 Å². The van der Waals surface area contributed by atoms with Crippen molar-refractivity contribution in [3.63, 3.8) is 0 Å². The largest absolute Gasteiger partial charge is 0.473 e. The molecule has 1 atom stereocenters. The van der Waals surface area contributed by atoms with E-state index in [2.05, 4.69) is 0 Å². The lowest BCUT2D eigenvalue weighted by molar-refractivity contribution is -0.128. The smallest absolute Gasteiger partial charge is 0.279 e. The van der Waals surface area contributed by atoms with Crippen LogP contribution >= 0.6 is 0 Å². The summed E-state index contributed by atoms with van der Waals surface area (Å²) in [6, 6.07) is 14.1. The summed E-state index contributed by atoms with van der Waals surface area (Å²) in [6.45, 7) is 0. The molecule has 2 aromatic carbocycles. The maximum absolute atomic E-state index is 13.8. The van der Waals surface area contributed by atoms with Crippen molar-refractivity contribution < 1.29 is 13.9 Å². The number of nitriles is 1. The highest BCUT2D eigenvalue weighted by Gasteiger charge is 2.23. The van der Waals surface area contributed by atoms with Crippen LogP contribution in [0.15, 0.2) is 48.5 Å². The molecule has 3 N–H and O–H groups in total. The number of hydrogen-bond acceptors (Lipinski definition) is 4. The zero-order valence-electron chi connectivity index (χ0n) is 10.9. The van der Waals surface area contributed by atoms with E-state index in [4.69, 9.17) is 15.8 Å². The fourth-order valence-corrected chi connectivity index (χ4v) is 1.77. The molecule has 106 valence electrons. The molecular formula is C15H12FN3O2. The van der Waals surface area contributed by atoms with Crippen LogP contribution in [0.4, 0.5) is 4.39 Å². The van der Waals surface area contributed by atoms with E-state index >= 15 is 0 Å². The maximum atomic E-state index is 13.8. The summed E-state index contributed by atoms with van der Waals surface area (Å²) >= 11 is 0. The lowest BCUT2D eigenvalue weighted by Crippen LogP contribution is -2.37. The van der Waals surface area contributed by atoms with E-state index in [1.165, 1.54) is 12.1 Å². The van der Waals surface area contributed by atoms with Crippen LogP contribution in [0.3, 0.4) is 0 Å². The average molecular weight is 285 g/mol. The van der Waals surface area contributed by atoms with Gasteiger partial charge in [-0.25, -0.2) is 10.2 Å². The third-order valence-corrected chi connectivity index (χ3v) is 2.79. The number of nitrogens with zero attached hydrogens (tertiary/aromatic N) is 1. The Morgan fingerprint density at radius 1 is 1.29 bits per heavy atom. The van der Waals surface area contributed by atoms with E-state index in [1.807, 2.05) is 11.5 Å². The number of carbonyl (C=O) groups excluding carboxylic acids is 1. The number of halogens is 1. The van der Waals surface area contributed by atoms with Gasteiger partial charge in [-0.05, 0) is 18.2 Å². The van der Waals surface area contributed by atoms with Crippen LogP contribution < -0.4 is 16.0 Å². The van der Waals surface area contributed by atoms with E-state index in [-0.39, 0.29) is 11.3 Å². The molecule has 0 aromatic heterocycles. The van der Waals surface area contributed by atoms with Gasteiger partial charge in [0.15, 0.2) is 11.6 Å². The molecule has 0 bridgehead atoms. The number of nitrogens with one attached hydrogen (secondary N) is 1. The number of hydrazine groups is 1. The van der Waals surface area contributed by atoms with E-state index in [0.717, 1.165) is 6.07 Å². The molecule has 0 fully saturated rings. The molecule has 1 amide bonds. The van der Waals surface area contributed by atoms with E-state index in [9.17, 15) is 9.18 Å². The van der Waals surface area contributed by atoms with Crippen molar-refractivity contribution in [1.82, 2.24) is 5.43 Å². The molecule has 0 saturated heterocycles. The maximum Gasteiger partial charge on any atom is 0.279 e. The lowest BCUT2D eigenvalue weighted by atomic mass is 10.1. The number of hydrogen-bond donors (Lipinski definition) is 2. The monoisotopic (exact) mass is 285 g/mol. The third kappa shape index (κ3) is 3.35. The summed E-state index contributed by atoms with van der Waals surface area (Å²) in [5, 5.41) is 8.70. The van der Waals surface area contributed by atoms with E-state index in [0.29, 0.717) is 5.56 Å². The van der Waals surface area contributed by atoms with Gasteiger partial charge in [0, 0.05) is 5.56 Å². The van der Waals surface area contributed by atoms with Crippen molar-refractivity contribution in [3.05, 3.63) is 65.5 Å². The number of carbonyl (C=O) groups is 1. The standard InChI is InChI=1S/C15H12FN3O2/c16-12-8-10(9-17)6-7-13(12)21-14(15(20)19-18)11-4-2-1-3-5-11/h1-8,14H,18H2,(H,19,20). The number of amides is 1. The minimum atomic E-state index is -1.08. The average Bonchev–Trinajstić information content (AvgIpc) is 2.53. The second kappa shape index (κ2) is 6.50. The summed E-state index contributed by atoms with van der Waals surface area (Å²) in [4.78, 5) is 11.8. The molecule has 0 radical (unpaired) electrons. The number of rotatable bonds is 4. The number of benzene rings is 2. The first-order valence-corrected chi connectivity index (χ1v) is 6.07. The van der Waals surface area contributed by atoms with Crippen LogP contribution in [0.5, 0.6) is 5.75 Å². The Morgan fingerprint density at radius 3 is 2.57 bits per heavy atom. The van der Waals surface area contributed by atoms with Gasteiger partial charge >= 0.3 is 0 Å². The van der Waals surface area contributed by atoms with Gasteiger partial charge in [0.1, 0.15) is 0 Å². The summed E-state index contributed by atoms with van der Waals surface area (Å²) in [6.07, 6.45) is -1.08. The van der Waals surface area contributed by atoms with Gasteiger partial charge in [-0.1, -0.05) is 30.3 Å². The molecule has 0 heterocycles. The molecule has 0 aliphatic carbocycles. The number of ether oxygens (including phenoxy) is 1. The fourth-order valence-electron chi connectivity index (χ4n) is 1.77. The molecule has 0 saturated carbocycles. The van der Waals surface area contributed by atoms with Crippen molar-refractivity contribution in [2.24, 2.45) is 5.84 Å². The molecule has 5 nitrogen and oxygen atoms in total. The first-order valence-electron chi connectivity index (χ1n) is 6.07. The highest BCUT2D eigenvalue weighted by Crippen LogP contribution is 2.25. The Balaban J connectivity index is 2.32. The quantitative estimate of drug-likeness (QED) is 0.509. The molecular weight excluding hydrogens is 273 g/mol. The minimum absolute atomic E-state index is 0.133. The Bertz CT molecular complexity index is 683. The SMILES string of the molecule is N#Cc1ccc(OC(C(=O)NN)c2ccccc2)c(F)c1. The summed E-state index contributed by atoms with van der Waals surface area (Å²) < 4.78 is 19.2. The third-order valence-electron chi connectivity index (χ3n) is 2.79. The number of nitrogens with two attached hydrogens (primary N) is 1. The van der Waals surface area contributed by atoms with Gasteiger partial charge in [0.05, 0.1) is 11.6 Å². The second-order valence-corrected chi connectivity index (χ2v) is 4.17. The van der Waals surface area contributed by atoms with Crippen molar-refractivity contribution >= 4 is 5.91 Å². The first-order chi connectivity index (χ1) is 10.2. The van der Waals surface area contributed by atoms with Crippen LogP contribution in [-0.4, -0.2) is 5.91 Å². The highest BCUT2D eigenvalue weighted by molar-refractivity contribution is 5.82. The Morgan fingerprint density at radius 2 is 2.00 bits per heavy atom. The fraction of sp³-hybridized carbons (Fsp3) is 0.0667. The van der Waals surface area contributed by atoms with Crippen LogP contribution in [-0.2, 0) is 4.79 Å². The lowest BCUT2D eigenvalue weighted by Gasteiger charge is -2.18. The zero-order valence-corrected chi connectivity index (χ0v) is 10.9. The van der Waals surface area contributed by atoms with Crippen LogP contribution in [0.1, 0.15) is 17.2 Å². The van der Waals surface area contributed by atoms with Gasteiger partial charge in [0.2, 0.25) is 6.10 Å². The highest BCUT2D eigenvalue weighted by atomic mass is 19.1. The molecule has 2 aromatic rings. The molecule has 21 heavy (non-hydrogen) atoms. The van der Waals surface area contributed by atoms with Gasteiger partial charge in [-0.2, -0.15) is 5.26 Å². The van der Waals surface area contributed by atoms with Gasteiger partial charge in [-0.3, -0.25) is 10.2 Å². The Labute approximate surface area is 120 Å². The van der Waals surface area contributed by atoms with Crippen molar-refractivity contribution in [3.8, 4) is 11.8 Å². The van der Waals surface area contributed by atoms with Gasteiger partial charge in [-0.15, -0.1) is 0 Å². The summed E-state index contributed by atoms with van der Waals surface area (Å²) in [5.41, 5.74) is 2.68. The van der Waals surface area contributed by atoms with Crippen LogP contribution in [0.25, 0.3) is 0 Å². The van der Waals surface area contributed by atoms with Gasteiger partial charge in [0.25, 0.3) is 5.91 Å². The predicted molar refractivity (Wildman–Crippen MR) is 73.3 cm³/mol. The molecule has 0 aliphatic rings. The normalized spacial score (nSPS) is 11.3. The molecule has 1 unspecified atom stereocenters.